The number of nitrogens with one attached hydrogen (secondary N) is 2. The van der Waals surface area contributed by atoms with E-state index in [1.54, 1.807) is 19.9 Å². The number of benzene rings is 1. The number of ether oxygens (including phenoxy) is 1. The highest BCUT2D eigenvalue weighted by molar-refractivity contribution is 5.96. The van der Waals surface area contributed by atoms with Gasteiger partial charge in [-0.05, 0) is 26.3 Å². The number of imide groups is 1. The molecule has 3 amide bonds. The van der Waals surface area contributed by atoms with Gasteiger partial charge in [0.25, 0.3) is 5.91 Å². The van der Waals surface area contributed by atoms with Crippen LogP contribution >= 0.6 is 0 Å². The normalized spacial score (nSPS) is 13.1. The summed E-state index contributed by atoms with van der Waals surface area (Å²) >= 11 is 0. The van der Waals surface area contributed by atoms with Crippen LogP contribution in [0.15, 0.2) is 24.3 Å². The molecule has 2 atom stereocenters. The number of rotatable bonds is 6. The Balaban J connectivity index is 2.72. The summed E-state index contributed by atoms with van der Waals surface area (Å²) in [5.41, 5.74) is 6.87. The quantitative estimate of drug-likeness (QED) is 0.744. The van der Waals surface area contributed by atoms with Crippen LogP contribution in [0.25, 0.3) is 0 Å². The van der Waals surface area contributed by atoms with Crippen LogP contribution in [0, 0.1) is 0 Å². The highest BCUT2D eigenvalue weighted by Crippen LogP contribution is 2.26. The van der Waals surface area contributed by atoms with E-state index in [1.807, 2.05) is 25.1 Å². The Morgan fingerprint density at radius 2 is 1.95 bits per heavy atom. The Labute approximate surface area is 125 Å². The van der Waals surface area contributed by atoms with Crippen LogP contribution in [0.2, 0.25) is 0 Å². The summed E-state index contributed by atoms with van der Waals surface area (Å²) in [5.74, 6) is 0.0613. The minimum Gasteiger partial charge on any atom is -0.481 e. The molecule has 0 fully saturated rings. The van der Waals surface area contributed by atoms with Gasteiger partial charge in [-0.2, -0.15) is 0 Å². The fraction of sp³-hybridized carbons (Fsp3) is 0.467. The van der Waals surface area contributed by atoms with E-state index in [9.17, 15) is 9.59 Å². The van der Waals surface area contributed by atoms with E-state index in [-0.39, 0.29) is 6.04 Å². The lowest BCUT2D eigenvalue weighted by Crippen LogP contribution is -2.45. The fourth-order valence-electron chi connectivity index (χ4n) is 1.78. The zero-order valence-corrected chi connectivity index (χ0v) is 12.7. The summed E-state index contributed by atoms with van der Waals surface area (Å²) in [4.78, 5) is 23.2. The van der Waals surface area contributed by atoms with Crippen molar-refractivity contribution in [2.75, 3.05) is 6.54 Å². The van der Waals surface area contributed by atoms with Crippen molar-refractivity contribution >= 4 is 11.9 Å². The molecule has 0 spiro atoms. The Morgan fingerprint density at radius 3 is 2.57 bits per heavy atom. The van der Waals surface area contributed by atoms with E-state index < -0.39 is 18.0 Å². The van der Waals surface area contributed by atoms with Crippen molar-refractivity contribution in [3.63, 3.8) is 0 Å². The van der Waals surface area contributed by atoms with Gasteiger partial charge in [0, 0.05) is 18.2 Å². The third kappa shape index (κ3) is 5.07. The van der Waals surface area contributed by atoms with Crippen molar-refractivity contribution < 1.29 is 14.3 Å². The molecule has 0 aliphatic heterocycles. The lowest BCUT2D eigenvalue weighted by atomic mass is 10.0. The Morgan fingerprint density at radius 1 is 1.29 bits per heavy atom. The molecular formula is C15H23N3O3. The monoisotopic (exact) mass is 293 g/mol. The maximum Gasteiger partial charge on any atom is 0.321 e. The largest absolute Gasteiger partial charge is 0.481 e. The molecule has 0 bridgehead atoms. The first-order valence-electron chi connectivity index (χ1n) is 7.09. The van der Waals surface area contributed by atoms with E-state index in [2.05, 4.69) is 10.6 Å². The first-order chi connectivity index (χ1) is 9.99. The number of hydrogen-bond donors (Lipinski definition) is 3. The van der Waals surface area contributed by atoms with Crippen molar-refractivity contribution in [3.05, 3.63) is 29.8 Å². The lowest BCUT2D eigenvalue weighted by molar-refractivity contribution is -0.126. The van der Waals surface area contributed by atoms with Gasteiger partial charge in [0.15, 0.2) is 6.10 Å². The molecule has 0 saturated heterocycles. The molecule has 0 saturated carbocycles. The summed E-state index contributed by atoms with van der Waals surface area (Å²) in [6.07, 6.45) is -0.0299. The zero-order valence-electron chi connectivity index (χ0n) is 12.7. The van der Waals surface area contributed by atoms with Gasteiger partial charge in [0.05, 0.1) is 0 Å². The van der Waals surface area contributed by atoms with E-state index >= 15 is 0 Å². The third-order valence-electron chi connectivity index (χ3n) is 3.01. The summed E-state index contributed by atoms with van der Waals surface area (Å²) in [6, 6.07) is 6.64. The van der Waals surface area contributed by atoms with Gasteiger partial charge in [-0.25, -0.2) is 4.79 Å². The van der Waals surface area contributed by atoms with Gasteiger partial charge < -0.3 is 15.8 Å². The van der Waals surface area contributed by atoms with Crippen molar-refractivity contribution in [2.45, 2.75) is 39.3 Å². The average Bonchev–Trinajstić information content (AvgIpc) is 2.47. The predicted octanol–water partition coefficient (Wildman–Crippen LogP) is 1.71. The summed E-state index contributed by atoms with van der Waals surface area (Å²) < 4.78 is 5.64. The van der Waals surface area contributed by atoms with Crippen LogP contribution in [0.5, 0.6) is 5.75 Å². The lowest BCUT2D eigenvalue weighted by Gasteiger charge is -2.19. The average molecular weight is 293 g/mol. The van der Waals surface area contributed by atoms with Gasteiger partial charge in [-0.1, -0.05) is 25.1 Å². The highest BCUT2D eigenvalue weighted by Gasteiger charge is 2.19. The molecule has 0 aromatic heterocycles. The maximum absolute atomic E-state index is 11.9. The number of urea groups is 1. The minimum atomic E-state index is -0.794. The van der Waals surface area contributed by atoms with Crippen LogP contribution in [0.1, 0.15) is 38.8 Å². The number of carbonyl (C=O) groups excluding carboxylic acids is 2. The molecule has 1 rings (SSSR count). The van der Waals surface area contributed by atoms with Crippen LogP contribution < -0.4 is 21.1 Å². The van der Waals surface area contributed by atoms with E-state index in [4.69, 9.17) is 10.5 Å². The number of para-hydroxylation sites is 1. The number of carbonyl (C=O) groups is 2. The Hall–Kier alpha value is -2.08. The highest BCUT2D eigenvalue weighted by atomic mass is 16.5. The molecule has 1 aromatic carbocycles. The molecule has 6 nitrogen and oxygen atoms in total. The minimum absolute atomic E-state index is 0.153. The van der Waals surface area contributed by atoms with Crippen molar-refractivity contribution in [1.29, 1.82) is 0 Å². The van der Waals surface area contributed by atoms with Gasteiger partial charge in [0.2, 0.25) is 0 Å². The molecule has 1 aromatic rings. The second-order valence-corrected chi connectivity index (χ2v) is 4.66. The Kier molecular flexibility index (Phi) is 6.68. The summed E-state index contributed by atoms with van der Waals surface area (Å²) in [5, 5.41) is 4.71. The van der Waals surface area contributed by atoms with Crippen LogP contribution in [-0.4, -0.2) is 24.6 Å². The molecule has 4 N–H and O–H groups in total. The van der Waals surface area contributed by atoms with E-state index in [0.29, 0.717) is 12.3 Å². The van der Waals surface area contributed by atoms with Crippen molar-refractivity contribution in [3.8, 4) is 5.75 Å². The van der Waals surface area contributed by atoms with Gasteiger partial charge in [-0.15, -0.1) is 0 Å². The first kappa shape index (κ1) is 17.0. The smallest absolute Gasteiger partial charge is 0.321 e. The maximum atomic E-state index is 11.9. The molecule has 116 valence electrons. The number of hydrogen-bond acceptors (Lipinski definition) is 4. The van der Waals surface area contributed by atoms with Crippen molar-refractivity contribution in [1.82, 2.24) is 10.6 Å². The zero-order chi connectivity index (χ0) is 15.8. The molecule has 0 radical (unpaired) electrons. The van der Waals surface area contributed by atoms with Crippen LogP contribution in [0.4, 0.5) is 4.79 Å². The SMILES string of the molecule is CCNC(=O)NC(=O)C(C)Oc1ccccc1[C@@H](N)CC. The molecule has 0 aliphatic rings. The molecule has 0 aliphatic carbocycles. The second-order valence-electron chi connectivity index (χ2n) is 4.66. The summed E-state index contributed by atoms with van der Waals surface area (Å²) in [7, 11) is 0. The topological polar surface area (TPSA) is 93.5 Å². The molecule has 6 heteroatoms. The van der Waals surface area contributed by atoms with E-state index in [0.717, 1.165) is 12.0 Å². The van der Waals surface area contributed by atoms with Gasteiger partial charge >= 0.3 is 6.03 Å². The third-order valence-corrected chi connectivity index (χ3v) is 3.01. The molecular weight excluding hydrogens is 270 g/mol. The van der Waals surface area contributed by atoms with Gasteiger partial charge in [0.1, 0.15) is 5.75 Å². The van der Waals surface area contributed by atoms with E-state index in [1.165, 1.54) is 0 Å². The number of amides is 3. The Bertz CT molecular complexity index is 491. The first-order valence-corrected chi connectivity index (χ1v) is 7.09. The molecule has 0 heterocycles. The van der Waals surface area contributed by atoms with Crippen LogP contribution in [0.3, 0.4) is 0 Å². The second kappa shape index (κ2) is 8.26. The summed E-state index contributed by atoms with van der Waals surface area (Å²) in [6.45, 7) is 5.78. The fourth-order valence-corrected chi connectivity index (χ4v) is 1.78. The predicted molar refractivity (Wildman–Crippen MR) is 81.0 cm³/mol. The molecule has 21 heavy (non-hydrogen) atoms. The number of nitrogens with two attached hydrogens (primary N) is 1. The van der Waals surface area contributed by atoms with Gasteiger partial charge in [-0.3, -0.25) is 10.1 Å². The van der Waals surface area contributed by atoms with Crippen LogP contribution in [-0.2, 0) is 4.79 Å². The molecule has 1 unspecified atom stereocenters. The van der Waals surface area contributed by atoms with Crippen molar-refractivity contribution in [2.24, 2.45) is 5.73 Å². The standard InChI is InChI=1S/C15H23N3O3/c1-4-12(16)11-8-6-7-9-13(11)21-10(3)14(19)18-15(20)17-5-2/h6-10,12H,4-5,16H2,1-3H3,(H2,17,18,19,20)/t10?,12-/m0/s1.